The molecule has 1 aliphatic heterocycles. The molecule has 27 heavy (non-hydrogen) atoms. The van der Waals surface area contributed by atoms with Gasteiger partial charge in [0.25, 0.3) is 5.56 Å². The normalized spacial score (nSPS) is 29.1. The summed E-state index contributed by atoms with van der Waals surface area (Å²) in [6.07, 6.45) is -1.64. The molecule has 1 fully saturated rings. The number of aromatic nitrogens is 2. The van der Waals surface area contributed by atoms with Crippen molar-refractivity contribution in [3.05, 3.63) is 32.6 Å². The summed E-state index contributed by atoms with van der Waals surface area (Å²) in [4.78, 5) is 35.5. The van der Waals surface area contributed by atoms with Crippen LogP contribution in [0.3, 0.4) is 0 Å². The van der Waals surface area contributed by atoms with Gasteiger partial charge in [-0.1, -0.05) is 13.8 Å². The quantitative estimate of drug-likeness (QED) is 0.471. The Morgan fingerprint density at radius 2 is 2.00 bits per heavy atom. The number of ether oxygens (including phenoxy) is 1. The van der Waals surface area contributed by atoms with Gasteiger partial charge < -0.3 is 19.9 Å². The van der Waals surface area contributed by atoms with Crippen LogP contribution in [-0.2, 0) is 20.9 Å². The molecule has 2 heterocycles. The number of hydrogen-bond acceptors (Lipinski definition) is 7. The van der Waals surface area contributed by atoms with Crippen molar-refractivity contribution in [3.63, 3.8) is 0 Å². The number of aliphatic hydroxyl groups excluding tert-OH is 1. The molecular weight excluding hydrogens is 379 g/mol. The van der Waals surface area contributed by atoms with Crippen LogP contribution in [0.4, 0.5) is 0 Å². The van der Waals surface area contributed by atoms with Crippen molar-refractivity contribution in [2.75, 3.05) is 0 Å². The van der Waals surface area contributed by atoms with E-state index in [-0.39, 0.29) is 12.0 Å². The summed E-state index contributed by atoms with van der Waals surface area (Å²) in [5, 5.41) is 21.4. The highest BCUT2D eigenvalue weighted by molar-refractivity contribution is 7.32. The van der Waals surface area contributed by atoms with Gasteiger partial charge in [-0.15, -0.1) is 9.42 Å². The van der Waals surface area contributed by atoms with Crippen molar-refractivity contribution in [3.8, 4) is 0 Å². The molecule has 10 nitrogen and oxygen atoms in total. The predicted octanol–water partition coefficient (Wildman–Crippen LogP) is 0.241. The summed E-state index contributed by atoms with van der Waals surface area (Å²) < 4.78 is 23.1. The molecule has 4 N–H and O–H groups in total. The van der Waals surface area contributed by atoms with E-state index in [4.69, 9.17) is 9.26 Å². The molecule has 0 radical (unpaired) electrons. The number of nitrogens with one attached hydrogen (secondary N) is 1. The molecule has 0 saturated carbocycles. The summed E-state index contributed by atoms with van der Waals surface area (Å²) in [5.74, 6) is 0. The van der Waals surface area contributed by atoms with Crippen LogP contribution in [0.1, 0.15) is 51.7 Å². The van der Waals surface area contributed by atoms with Crippen LogP contribution in [0.15, 0.2) is 15.8 Å². The van der Waals surface area contributed by atoms with Crippen LogP contribution in [0.2, 0.25) is 0 Å². The molecule has 1 aromatic heterocycles. The molecule has 1 aromatic rings. The zero-order valence-corrected chi connectivity index (χ0v) is 16.6. The van der Waals surface area contributed by atoms with Crippen LogP contribution in [-0.4, -0.2) is 48.1 Å². The SMILES string of the molecule is CCC(CC)(C[C@H]1OC(c2c[nH]c(=O)n(C)c2=O)[C@H](O)[C@@]1(C)O)O[P+](=O)O. The number of hydrogen-bond donors (Lipinski definition) is 4. The molecule has 1 aliphatic rings. The highest BCUT2D eigenvalue weighted by Crippen LogP contribution is 2.45. The van der Waals surface area contributed by atoms with Gasteiger partial charge in [0, 0.05) is 24.2 Å². The molecule has 11 heteroatoms. The molecule has 1 saturated heterocycles. The van der Waals surface area contributed by atoms with E-state index in [1.165, 1.54) is 14.0 Å². The first-order valence-electron chi connectivity index (χ1n) is 8.68. The molecule has 0 spiro atoms. The van der Waals surface area contributed by atoms with Gasteiger partial charge in [-0.3, -0.25) is 9.36 Å². The second-order valence-electron chi connectivity index (χ2n) is 7.05. The molecular formula is C16H26N2O8P+. The first-order chi connectivity index (χ1) is 12.5. The third kappa shape index (κ3) is 4.06. The van der Waals surface area contributed by atoms with Crippen molar-refractivity contribution >= 4 is 8.25 Å². The van der Waals surface area contributed by atoms with Crippen molar-refractivity contribution in [2.45, 2.75) is 69.5 Å². The zero-order chi connectivity index (χ0) is 20.6. The Morgan fingerprint density at radius 1 is 1.41 bits per heavy atom. The minimum Gasteiger partial charge on any atom is -0.387 e. The molecule has 2 rings (SSSR count). The Bertz CT molecular complexity index is 813. The van der Waals surface area contributed by atoms with Crippen molar-refractivity contribution in [1.29, 1.82) is 0 Å². The summed E-state index contributed by atoms with van der Waals surface area (Å²) in [6, 6.07) is 0. The van der Waals surface area contributed by atoms with Crippen LogP contribution < -0.4 is 11.2 Å². The average Bonchev–Trinajstić information content (AvgIpc) is 2.82. The Kier molecular flexibility index (Phi) is 6.40. The Morgan fingerprint density at radius 3 is 2.52 bits per heavy atom. The average molecular weight is 405 g/mol. The van der Waals surface area contributed by atoms with Gasteiger partial charge in [0.2, 0.25) is 0 Å². The first-order valence-corrected chi connectivity index (χ1v) is 9.82. The van der Waals surface area contributed by atoms with Gasteiger partial charge in [-0.2, -0.15) is 0 Å². The number of rotatable bonds is 7. The van der Waals surface area contributed by atoms with Gasteiger partial charge in [0.1, 0.15) is 23.4 Å². The molecule has 0 aliphatic carbocycles. The van der Waals surface area contributed by atoms with E-state index in [2.05, 4.69) is 4.98 Å². The topological polar surface area (TPSA) is 151 Å². The van der Waals surface area contributed by atoms with Crippen molar-refractivity contribution in [2.24, 2.45) is 7.05 Å². The van der Waals surface area contributed by atoms with Crippen LogP contribution >= 0.6 is 8.25 Å². The number of nitrogens with zero attached hydrogens (tertiary/aromatic N) is 1. The van der Waals surface area contributed by atoms with Gasteiger partial charge in [0.15, 0.2) is 0 Å². The van der Waals surface area contributed by atoms with E-state index in [1.807, 2.05) is 0 Å². The van der Waals surface area contributed by atoms with Gasteiger partial charge >= 0.3 is 13.9 Å². The Labute approximate surface area is 156 Å². The highest BCUT2D eigenvalue weighted by Gasteiger charge is 2.56. The summed E-state index contributed by atoms with van der Waals surface area (Å²) in [7, 11) is -1.59. The standard InChI is InChI=1S/C16H25N2O8P/c1-5-16(6-2,26-27(23)24)7-10-15(3,22)12(19)11(25-10)9-8-17-14(21)18(4)13(9)20/h8,10-12,19,22H,5-7H2,1-4H3,(H-,17,20,21,23,24)/p+1/t10-,11?,12+,15+/m1/s1. The maximum absolute atomic E-state index is 12.4. The maximum Gasteiger partial charge on any atom is 0.695 e. The molecule has 152 valence electrons. The van der Waals surface area contributed by atoms with Crippen LogP contribution in [0.5, 0.6) is 0 Å². The summed E-state index contributed by atoms with van der Waals surface area (Å²) in [5.41, 5.74) is -4.05. The lowest BCUT2D eigenvalue weighted by Gasteiger charge is -2.33. The van der Waals surface area contributed by atoms with Gasteiger partial charge in [-0.05, 0) is 19.8 Å². The lowest BCUT2D eigenvalue weighted by molar-refractivity contribution is -0.0934. The van der Waals surface area contributed by atoms with E-state index in [1.54, 1.807) is 13.8 Å². The molecule has 0 aromatic carbocycles. The molecule has 0 bridgehead atoms. The maximum atomic E-state index is 12.4. The van der Waals surface area contributed by atoms with E-state index in [0.717, 1.165) is 10.8 Å². The van der Waals surface area contributed by atoms with Crippen molar-refractivity contribution < 1.29 is 28.9 Å². The molecule has 0 amide bonds. The minimum absolute atomic E-state index is 0.000116. The zero-order valence-electron chi connectivity index (χ0n) is 15.7. The van der Waals surface area contributed by atoms with Crippen LogP contribution in [0.25, 0.3) is 0 Å². The lowest BCUT2D eigenvalue weighted by atomic mass is 9.82. The van der Waals surface area contributed by atoms with E-state index < -0.39 is 49.0 Å². The Hall–Kier alpha value is -1.42. The fourth-order valence-corrected chi connectivity index (χ4v) is 4.04. The smallest absolute Gasteiger partial charge is 0.387 e. The summed E-state index contributed by atoms with van der Waals surface area (Å²) >= 11 is 0. The predicted molar refractivity (Wildman–Crippen MR) is 95.4 cm³/mol. The van der Waals surface area contributed by atoms with Gasteiger partial charge in [-0.25, -0.2) is 4.79 Å². The molecule has 5 atom stereocenters. The van der Waals surface area contributed by atoms with Gasteiger partial charge in [0.05, 0.1) is 11.7 Å². The summed E-state index contributed by atoms with van der Waals surface area (Å²) in [6.45, 7) is 4.92. The van der Waals surface area contributed by atoms with E-state index >= 15 is 0 Å². The number of aliphatic hydroxyl groups is 2. The third-order valence-electron chi connectivity index (χ3n) is 5.48. The third-order valence-corrected chi connectivity index (χ3v) is 6.02. The van der Waals surface area contributed by atoms with E-state index in [0.29, 0.717) is 12.8 Å². The number of aromatic amines is 1. The Balaban J connectivity index is 2.39. The van der Waals surface area contributed by atoms with Crippen LogP contribution in [0, 0.1) is 0 Å². The second kappa shape index (κ2) is 7.90. The lowest BCUT2D eigenvalue weighted by Crippen LogP contribution is -2.48. The molecule has 2 unspecified atom stereocenters. The fourth-order valence-electron chi connectivity index (χ4n) is 3.38. The minimum atomic E-state index is -2.87. The second-order valence-corrected chi connectivity index (χ2v) is 7.71. The first kappa shape index (κ1) is 21.9. The van der Waals surface area contributed by atoms with E-state index in [9.17, 15) is 29.3 Å². The highest BCUT2D eigenvalue weighted by atomic mass is 31.1. The number of H-pyrrole nitrogens is 1. The fraction of sp³-hybridized carbons (Fsp3) is 0.750. The monoisotopic (exact) mass is 405 g/mol. The van der Waals surface area contributed by atoms with Crippen molar-refractivity contribution in [1.82, 2.24) is 9.55 Å². The largest absolute Gasteiger partial charge is 0.695 e.